The standard InChI is InChI=1S/C8H16N4O2/c1-4-13-8(2,3)5-10-7-12-11-6(9)14-7/h4-5H2,1-3H3,(H2,9,11)(H,10,12). The van der Waals surface area contributed by atoms with Crippen LogP contribution in [0.25, 0.3) is 0 Å². The Bertz CT molecular complexity index is 285. The zero-order valence-corrected chi connectivity index (χ0v) is 8.70. The molecule has 6 heteroatoms. The lowest BCUT2D eigenvalue weighted by atomic mass is 10.1. The van der Waals surface area contributed by atoms with Gasteiger partial charge in [-0.1, -0.05) is 10.2 Å². The van der Waals surface area contributed by atoms with Crippen LogP contribution < -0.4 is 11.1 Å². The van der Waals surface area contributed by atoms with Gasteiger partial charge in [0, 0.05) is 13.2 Å². The SMILES string of the molecule is CCOC(C)(C)CNc1nnc(N)o1. The van der Waals surface area contributed by atoms with E-state index in [0.717, 1.165) is 0 Å². The summed E-state index contributed by atoms with van der Waals surface area (Å²) in [6.07, 6.45) is 0. The van der Waals surface area contributed by atoms with Crippen LogP contribution in [0.5, 0.6) is 0 Å². The third-order valence-corrected chi connectivity index (χ3v) is 1.64. The van der Waals surface area contributed by atoms with Gasteiger partial charge in [-0.15, -0.1) is 0 Å². The van der Waals surface area contributed by atoms with E-state index in [-0.39, 0.29) is 11.6 Å². The van der Waals surface area contributed by atoms with E-state index in [1.165, 1.54) is 0 Å². The first-order valence-corrected chi connectivity index (χ1v) is 4.50. The molecule has 0 bridgehead atoms. The summed E-state index contributed by atoms with van der Waals surface area (Å²) in [4.78, 5) is 0. The van der Waals surface area contributed by atoms with Gasteiger partial charge in [0.15, 0.2) is 0 Å². The minimum atomic E-state index is -0.266. The first kappa shape index (κ1) is 10.8. The maximum atomic E-state index is 5.47. The van der Waals surface area contributed by atoms with Crippen molar-refractivity contribution in [1.82, 2.24) is 10.2 Å². The number of hydrogen-bond acceptors (Lipinski definition) is 6. The lowest BCUT2D eigenvalue weighted by Crippen LogP contribution is -2.33. The van der Waals surface area contributed by atoms with Gasteiger partial charge in [-0.2, -0.15) is 0 Å². The van der Waals surface area contributed by atoms with E-state index in [2.05, 4.69) is 15.5 Å². The van der Waals surface area contributed by atoms with Gasteiger partial charge in [-0.05, 0) is 20.8 Å². The van der Waals surface area contributed by atoms with Crippen molar-refractivity contribution in [1.29, 1.82) is 0 Å². The van der Waals surface area contributed by atoms with Crippen molar-refractivity contribution in [3.63, 3.8) is 0 Å². The average molecular weight is 200 g/mol. The fourth-order valence-corrected chi connectivity index (χ4v) is 1.04. The minimum Gasteiger partial charge on any atom is -0.390 e. The van der Waals surface area contributed by atoms with E-state index >= 15 is 0 Å². The second-order valence-electron chi connectivity index (χ2n) is 3.49. The molecule has 0 unspecified atom stereocenters. The Morgan fingerprint density at radius 3 is 2.71 bits per heavy atom. The van der Waals surface area contributed by atoms with Crippen molar-refractivity contribution in [3.8, 4) is 0 Å². The van der Waals surface area contributed by atoms with Crippen LogP contribution in [0.3, 0.4) is 0 Å². The predicted molar refractivity (Wildman–Crippen MR) is 52.9 cm³/mol. The second kappa shape index (κ2) is 4.28. The predicted octanol–water partition coefficient (Wildman–Crippen LogP) is 0.879. The largest absolute Gasteiger partial charge is 0.390 e. The Kier molecular flexibility index (Phi) is 3.29. The van der Waals surface area contributed by atoms with Crippen molar-refractivity contribution in [3.05, 3.63) is 0 Å². The smallest absolute Gasteiger partial charge is 0.316 e. The number of hydrogen-bond donors (Lipinski definition) is 2. The van der Waals surface area contributed by atoms with Gasteiger partial charge < -0.3 is 20.2 Å². The molecule has 0 saturated heterocycles. The molecule has 1 heterocycles. The summed E-state index contributed by atoms with van der Waals surface area (Å²) in [7, 11) is 0. The fourth-order valence-electron chi connectivity index (χ4n) is 1.04. The number of anilines is 2. The molecule has 0 aromatic carbocycles. The quantitative estimate of drug-likeness (QED) is 0.733. The molecule has 0 amide bonds. The van der Waals surface area contributed by atoms with Crippen LogP contribution in [0.2, 0.25) is 0 Å². The topological polar surface area (TPSA) is 86.2 Å². The molecule has 0 saturated carbocycles. The summed E-state index contributed by atoms with van der Waals surface area (Å²) < 4.78 is 10.4. The van der Waals surface area contributed by atoms with Gasteiger partial charge in [-0.3, -0.25) is 0 Å². The molecule has 1 aromatic heterocycles. The molecule has 0 fully saturated rings. The summed E-state index contributed by atoms with van der Waals surface area (Å²) in [5.41, 5.74) is 5.00. The molecule has 1 aromatic rings. The molecule has 0 aliphatic carbocycles. The lowest BCUT2D eigenvalue weighted by Gasteiger charge is -2.24. The van der Waals surface area contributed by atoms with E-state index in [0.29, 0.717) is 19.2 Å². The fraction of sp³-hybridized carbons (Fsp3) is 0.750. The number of ether oxygens (including phenoxy) is 1. The lowest BCUT2D eigenvalue weighted by molar-refractivity contribution is 0.000359. The molecular formula is C8H16N4O2. The molecule has 0 atom stereocenters. The Labute approximate surface area is 82.8 Å². The molecule has 0 aliphatic rings. The molecule has 0 spiro atoms. The van der Waals surface area contributed by atoms with Crippen molar-refractivity contribution >= 4 is 12.0 Å². The highest BCUT2D eigenvalue weighted by atomic mass is 16.5. The van der Waals surface area contributed by atoms with Gasteiger partial charge in [-0.25, -0.2) is 0 Å². The van der Waals surface area contributed by atoms with Gasteiger partial charge >= 0.3 is 12.0 Å². The van der Waals surface area contributed by atoms with Gasteiger partial charge in [0.25, 0.3) is 0 Å². The molecule has 1 rings (SSSR count). The Morgan fingerprint density at radius 2 is 2.21 bits per heavy atom. The van der Waals surface area contributed by atoms with Crippen LogP contribution in [-0.2, 0) is 4.74 Å². The highest BCUT2D eigenvalue weighted by Crippen LogP contribution is 2.12. The van der Waals surface area contributed by atoms with E-state index in [1.807, 2.05) is 20.8 Å². The van der Waals surface area contributed by atoms with Gasteiger partial charge in [0.05, 0.1) is 5.60 Å². The highest BCUT2D eigenvalue weighted by Gasteiger charge is 2.18. The minimum absolute atomic E-state index is 0.0571. The third kappa shape index (κ3) is 3.21. The third-order valence-electron chi connectivity index (χ3n) is 1.64. The molecule has 0 aliphatic heterocycles. The molecule has 0 radical (unpaired) electrons. The highest BCUT2D eigenvalue weighted by molar-refractivity contribution is 5.22. The zero-order valence-electron chi connectivity index (χ0n) is 8.70. The zero-order chi connectivity index (χ0) is 10.6. The van der Waals surface area contributed by atoms with E-state index in [1.54, 1.807) is 0 Å². The number of nitrogens with one attached hydrogen (secondary N) is 1. The molecule has 3 N–H and O–H groups in total. The normalized spacial score (nSPS) is 11.6. The van der Waals surface area contributed by atoms with Crippen molar-refractivity contribution in [2.45, 2.75) is 26.4 Å². The number of nitrogens with zero attached hydrogens (tertiary/aromatic N) is 2. The molecule has 14 heavy (non-hydrogen) atoms. The molecular weight excluding hydrogens is 184 g/mol. The number of aromatic nitrogens is 2. The average Bonchev–Trinajstić information content (AvgIpc) is 2.48. The Morgan fingerprint density at radius 1 is 1.50 bits per heavy atom. The number of nitrogens with two attached hydrogens (primary N) is 1. The van der Waals surface area contributed by atoms with Crippen molar-refractivity contribution in [2.24, 2.45) is 0 Å². The van der Waals surface area contributed by atoms with Crippen molar-refractivity contribution < 1.29 is 9.15 Å². The van der Waals surface area contributed by atoms with E-state index in [4.69, 9.17) is 14.9 Å². The molecule has 6 nitrogen and oxygen atoms in total. The summed E-state index contributed by atoms with van der Waals surface area (Å²) in [6.45, 7) is 7.15. The van der Waals surface area contributed by atoms with Crippen molar-refractivity contribution in [2.75, 3.05) is 24.2 Å². The van der Waals surface area contributed by atoms with Gasteiger partial charge in [0.2, 0.25) is 0 Å². The van der Waals surface area contributed by atoms with Crippen LogP contribution >= 0.6 is 0 Å². The maximum absolute atomic E-state index is 5.47. The number of nitrogen functional groups attached to an aromatic ring is 1. The van der Waals surface area contributed by atoms with Crippen LogP contribution in [0.1, 0.15) is 20.8 Å². The first-order chi connectivity index (χ1) is 6.53. The summed E-state index contributed by atoms with van der Waals surface area (Å²) in [5.74, 6) is 0. The summed E-state index contributed by atoms with van der Waals surface area (Å²) in [5, 5.41) is 10.1. The summed E-state index contributed by atoms with van der Waals surface area (Å²) in [6, 6.07) is 0.372. The van der Waals surface area contributed by atoms with Gasteiger partial charge in [0.1, 0.15) is 0 Å². The Hall–Kier alpha value is -1.30. The Balaban J connectivity index is 2.40. The second-order valence-corrected chi connectivity index (χ2v) is 3.49. The van der Waals surface area contributed by atoms with Crippen LogP contribution in [0.15, 0.2) is 4.42 Å². The van der Waals surface area contributed by atoms with Crippen LogP contribution in [0, 0.1) is 0 Å². The van der Waals surface area contributed by atoms with Crippen LogP contribution in [-0.4, -0.2) is 29.0 Å². The summed E-state index contributed by atoms with van der Waals surface area (Å²) >= 11 is 0. The van der Waals surface area contributed by atoms with Crippen LogP contribution in [0.4, 0.5) is 12.0 Å². The number of rotatable bonds is 5. The van der Waals surface area contributed by atoms with E-state index in [9.17, 15) is 0 Å². The maximum Gasteiger partial charge on any atom is 0.316 e. The monoisotopic (exact) mass is 200 g/mol. The molecule has 80 valence electrons. The first-order valence-electron chi connectivity index (χ1n) is 4.50. The van der Waals surface area contributed by atoms with E-state index < -0.39 is 0 Å².